The van der Waals surface area contributed by atoms with Crippen LogP contribution in [0.4, 0.5) is 0 Å². The molecule has 7 atom stereocenters. The van der Waals surface area contributed by atoms with Crippen molar-refractivity contribution in [2.75, 3.05) is 0 Å². The monoisotopic (exact) mass is 274 g/mol. The van der Waals surface area contributed by atoms with Crippen LogP contribution in [0.5, 0.6) is 0 Å². The molecule has 112 valence electrons. The van der Waals surface area contributed by atoms with Crippen molar-refractivity contribution in [2.45, 2.75) is 71.6 Å². The standard InChI is InChI=1S/C19H30O/c1-12-3-5-15-13(9-12)4-6-17-16(15)7-8-19(2)11-14(20)10-18(17)19/h12-13,15-18H,3-11H2,1-2H3/t12-,13+,15+,16-,17-,18+,19-/m0/s1. The molecule has 4 saturated carbocycles. The number of carbonyl (C=O) groups excluding carboxylic acids is 1. The van der Waals surface area contributed by atoms with Crippen molar-refractivity contribution < 1.29 is 4.79 Å². The molecule has 0 spiro atoms. The molecule has 4 fully saturated rings. The zero-order valence-corrected chi connectivity index (χ0v) is 13.2. The van der Waals surface area contributed by atoms with Crippen LogP contribution in [0.15, 0.2) is 0 Å². The largest absolute Gasteiger partial charge is 0.300 e. The van der Waals surface area contributed by atoms with Crippen molar-refractivity contribution in [3.63, 3.8) is 0 Å². The normalized spacial score (nSPS) is 55.0. The van der Waals surface area contributed by atoms with Crippen molar-refractivity contribution >= 4 is 5.78 Å². The summed E-state index contributed by atoms with van der Waals surface area (Å²) in [5.74, 6) is 6.20. The molecule has 4 aliphatic carbocycles. The second kappa shape index (κ2) is 4.58. The summed E-state index contributed by atoms with van der Waals surface area (Å²) in [7, 11) is 0. The predicted molar refractivity (Wildman–Crippen MR) is 81.3 cm³/mol. The third-order valence-electron chi connectivity index (χ3n) is 7.78. The average molecular weight is 274 g/mol. The molecule has 0 aromatic carbocycles. The first-order valence-electron chi connectivity index (χ1n) is 9.08. The van der Waals surface area contributed by atoms with Gasteiger partial charge in [-0.15, -0.1) is 0 Å². The smallest absolute Gasteiger partial charge is 0.133 e. The lowest BCUT2D eigenvalue weighted by Crippen LogP contribution is -2.47. The minimum absolute atomic E-state index is 0.382. The maximum atomic E-state index is 12.0. The van der Waals surface area contributed by atoms with E-state index in [0.717, 1.165) is 48.3 Å². The molecule has 0 N–H and O–H groups in total. The van der Waals surface area contributed by atoms with Gasteiger partial charge in [-0.25, -0.2) is 0 Å². The van der Waals surface area contributed by atoms with Crippen molar-refractivity contribution in [1.29, 1.82) is 0 Å². The van der Waals surface area contributed by atoms with E-state index in [1.807, 2.05) is 0 Å². The Hall–Kier alpha value is -0.330. The SMILES string of the molecule is C[C@H]1CC[C@@H]2[C@H](CC[C@H]3[C@H]2CC[C@@]2(C)CC(=O)C[C@H]32)C1. The van der Waals surface area contributed by atoms with E-state index in [0.29, 0.717) is 11.2 Å². The fourth-order valence-electron chi connectivity index (χ4n) is 6.87. The molecule has 0 aliphatic heterocycles. The first-order valence-corrected chi connectivity index (χ1v) is 9.08. The van der Waals surface area contributed by atoms with Gasteiger partial charge in [0.1, 0.15) is 5.78 Å². The Balaban J connectivity index is 1.57. The molecular weight excluding hydrogens is 244 g/mol. The molecule has 4 aliphatic rings. The Morgan fingerprint density at radius 1 is 1.00 bits per heavy atom. The molecule has 1 heteroatoms. The highest BCUT2D eigenvalue weighted by Crippen LogP contribution is 2.61. The first kappa shape index (κ1) is 13.3. The topological polar surface area (TPSA) is 17.1 Å². The molecule has 0 saturated heterocycles. The molecular formula is C19H30O. The van der Waals surface area contributed by atoms with E-state index in [1.165, 1.54) is 44.9 Å². The zero-order valence-electron chi connectivity index (χ0n) is 13.2. The molecule has 0 aromatic heterocycles. The van der Waals surface area contributed by atoms with Crippen molar-refractivity contribution in [3.8, 4) is 0 Å². The summed E-state index contributed by atoms with van der Waals surface area (Å²) in [5, 5.41) is 0. The van der Waals surface area contributed by atoms with Gasteiger partial charge in [-0.3, -0.25) is 4.79 Å². The van der Waals surface area contributed by atoms with Gasteiger partial charge in [-0.05, 0) is 79.4 Å². The summed E-state index contributed by atoms with van der Waals surface area (Å²) in [6, 6.07) is 0. The lowest BCUT2D eigenvalue weighted by Gasteiger charge is -2.55. The highest BCUT2D eigenvalue weighted by molar-refractivity contribution is 5.82. The number of fused-ring (bicyclic) bond motifs is 5. The van der Waals surface area contributed by atoms with Crippen LogP contribution in [0.3, 0.4) is 0 Å². The van der Waals surface area contributed by atoms with Gasteiger partial charge in [0.05, 0.1) is 0 Å². The van der Waals surface area contributed by atoms with E-state index in [4.69, 9.17) is 0 Å². The molecule has 4 rings (SSSR count). The van der Waals surface area contributed by atoms with Crippen LogP contribution in [0.2, 0.25) is 0 Å². The minimum Gasteiger partial charge on any atom is -0.300 e. The molecule has 0 bridgehead atoms. The number of rotatable bonds is 0. The van der Waals surface area contributed by atoms with Gasteiger partial charge in [0.2, 0.25) is 0 Å². The number of Topliss-reactive ketones (excluding diaryl/α,β-unsaturated/α-hetero) is 1. The van der Waals surface area contributed by atoms with Crippen LogP contribution in [0.1, 0.15) is 71.6 Å². The van der Waals surface area contributed by atoms with Crippen LogP contribution >= 0.6 is 0 Å². The first-order chi connectivity index (χ1) is 9.57. The maximum absolute atomic E-state index is 12.0. The van der Waals surface area contributed by atoms with E-state index in [1.54, 1.807) is 0 Å². The molecule has 0 heterocycles. The van der Waals surface area contributed by atoms with E-state index in [2.05, 4.69) is 13.8 Å². The van der Waals surface area contributed by atoms with Crippen LogP contribution in [-0.2, 0) is 4.79 Å². The van der Waals surface area contributed by atoms with Crippen LogP contribution in [0, 0.1) is 40.9 Å². The summed E-state index contributed by atoms with van der Waals surface area (Å²) in [6.45, 7) is 4.88. The van der Waals surface area contributed by atoms with Gasteiger partial charge in [0.15, 0.2) is 0 Å². The number of ketones is 1. The third-order valence-corrected chi connectivity index (χ3v) is 7.78. The van der Waals surface area contributed by atoms with Gasteiger partial charge < -0.3 is 0 Å². The molecule has 20 heavy (non-hydrogen) atoms. The Morgan fingerprint density at radius 2 is 1.80 bits per heavy atom. The summed E-state index contributed by atoms with van der Waals surface area (Å²) in [5.41, 5.74) is 0.382. The second-order valence-electron chi connectivity index (χ2n) is 8.97. The number of carbonyl (C=O) groups is 1. The summed E-state index contributed by atoms with van der Waals surface area (Å²) < 4.78 is 0. The lowest BCUT2D eigenvalue weighted by molar-refractivity contribution is -0.118. The van der Waals surface area contributed by atoms with Crippen molar-refractivity contribution in [2.24, 2.45) is 40.9 Å². The van der Waals surface area contributed by atoms with Crippen LogP contribution in [0.25, 0.3) is 0 Å². The molecule has 0 aromatic rings. The number of hydrogen-bond donors (Lipinski definition) is 0. The second-order valence-corrected chi connectivity index (χ2v) is 8.97. The van der Waals surface area contributed by atoms with Gasteiger partial charge in [-0.1, -0.05) is 20.3 Å². The van der Waals surface area contributed by atoms with Gasteiger partial charge in [-0.2, -0.15) is 0 Å². The molecule has 0 unspecified atom stereocenters. The third kappa shape index (κ3) is 1.91. The average Bonchev–Trinajstić information content (AvgIpc) is 2.72. The molecule has 0 radical (unpaired) electrons. The minimum atomic E-state index is 0.382. The van der Waals surface area contributed by atoms with Crippen LogP contribution < -0.4 is 0 Å². The van der Waals surface area contributed by atoms with E-state index in [-0.39, 0.29) is 0 Å². The zero-order chi connectivity index (χ0) is 13.9. The summed E-state index contributed by atoms with van der Waals surface area (Å²) in [6.07, 6.45) is 11.9. The van der Waals surface area contributed by atoms with Crippen molar-refractivity contribution in [1.82, 2.24) is 0 Å². The van der Waals surface area contributed by atoms with Crippen LogP contribution in [-0.4, -0.2) is 5.78 Å². The Bertz CT molecular complexity index is 414. The molecule has 0 amide bonds. The summed E-state index contributed by atoms with van der Waals surface area (Å²) in [4.78, 5) is 12.0. The summed E-state index contributed by atoms with van der Waals surface area (Å²) >= 11 is 0. The highest BCUT2D eigenvalue weighted by Gasteiger charge is 2.55. The van der Waals surface area contributed by atoms with E-state index < -0.39 is 0 Å². The Labute approximate surface area is 123 Å². The Kier molecular flexibility index (Phi) is 3.06. The van der Waals surface area contributed by atoms with Gasteiger partial charge in [0.25, 0.3) is 0 Å². The van der Waals surface area contributed by atoms with E-state index >= 15 is 0 Å². The highest BCUT2D eigenvalue weighted by atomic mass is 16.1. The van der Waals surface area contributed by atoms with Gasteiger partial charge >= 0.3 is 0 Å². The molecule has 1 nitrogen and oxygen atoms in total. The number of hydrogen-bond acceptors (Lipinski definition) is 1. The quantitative estimate of drug-likeness (QED) is 0.617. The van der Waals surface area contributed by atoms with Gasteiger partial charge in [0, 0.05) is 12.8 Å². The fraction of sp³-hybridized carbons (Fsp3) is 0.947. The Morgan fingerprint density at radius 3 is 2.65 bits per heavy atom. The van der Waals surface area contributed by atoms with E-state index in [9.17, 15) is 4.79 Å². The fourth-order valence-corrected chi connectivity index (χ4v) is 6.87. The maximum Gasteiger partial charge on any atom is 0.133 e. The predicted octanol–water partition coefficient (Wildman–Crippen LogP) is 4.84. The van der Waals surface area contributed by atoms with Crippen molar-refractivity contribution in [3.05, 3.63) is 0 Å². The lowest BCUT2D eigenvalue weighted by atomic mass is 9.50.